The molecule has 2 aromatic rings. The van der Waals surface area contributed by atoms with E-state index in [4.69, 9.17) is 0 Å². The van der Waals surface area contributed by atoms with Crippen molar-refractivity contribution in [2.24, 2.45) is 0 Å². The molecule has 0 unspecified atom stereocenters. The Balaban J connectivity index is 1.46. The minimum Gasteiger partial charge on any atom is -0.352 e. The highest BCUT2D eigenvalue weighted by Gasteiger charge is 2.25. The van der Waals surface area contributed by atoms with Crippen molar-refractivity contribution >= 4 is 33.4 Å². The van der Waals surface area contributed by atoms with E-state index in [2.05, 4.69) is 27.6 Å². The summed E-state index contributed by atoms with van der Waals surface area (Å²) in [6.07, 6.45) is 3.24. The van der Waals surface area contributed by atoms with Gasteiger partial charge in [0.1, 0.15) is 0 Å². The number of hydrogen-bond acceptors (Lipinski definition) is 6. The number of amides is 2. The Morgan fingerprint density at radius 2 is 2.11 bits per heavy atom. The summed E-state index contributed by atoms with van der Waals surface area (Å²) in [5, 5.41) is 12.5. The zero-order valence-corrected chi connectivity index (χ0v) is 16.5. The first-order chi connectivity index (χ1) is 13.0. The molecule has 1 fully saturated rings. The van der Waals surface area contributed by atoms with E-state index < -0.39 is 0 Å². The van der Waals surface area contributed by atoms with Crippen LogP contribution in [-0.2, 0) is 16.0 Å². The van der Waals surface area contributed by atoms with Crippen LogP contribution in [0.3, 0.4) is 0 Å². The SMILES string of the molecule is C[C@H](CCc1ccccc1)NC(=O)CN(C)c1nnc(N2CCCC2=O)s1. The van der Waals surface area contributed by atoms with Crippen molar-refractivity contribution in [3.05, 3.63) is 35.9 Å². The quantitative estimate of drug-likeness (QED) is 0.752. The third-order valence-electron chi connectivity index (χ3n) is 4.53. The number of rotatable bonds is 8. The molecule has 3 rings (SSSR count). The summed E-state index contributed by atoms with van der Waals surface area (Å²) < 4.78 is 0. The molecule has 0 spiro atoms. The van der Waals surface area contributed by atoms with E-state index >= 15 is 0 Å². The van der Waals surface area contributed by atoms with Gasteiger partial charge in [-0.05, 0) is 31.7 Å². The van der Waals surface area contributed by atoms with Gasteiger partial charge in [0.2, 0.25) is 22.1 Å². The molecule has 27 heavy (non-hydrogen) atoms. The Labute approximate surface area is 163 Å². The summed E-state index contributed by atoms with van der Waals surface area (Å²) in [5.41, 5.74) is 1.27. The Morgan fingerprint density at radius 3 is 2.81 bits per heavy atom. The lowest BCUT2D eigenvalue weighted by molar-refractivity contribution is -0.120. The standard InChI is InChI=1S/C19H25N5O2S/c1-14(10-11-15-7-4-3-5-8-15)20-16(25)13-23(2)18-21-22-19(27-18)24-12-6-9-17(24)26/h3-5,7-8,14H,6,9-13H2,1-2H3,(H,20,25)/t14-/m1/s1. The van der Waals surface area contributed by atoms with E-state index in [1.807, 2.05) is 32.2 Å². The van der Waals surface area contributed by atoms with Crippen LogP contribution in [0.25, 0.3) is 0 Å². The van der Waals surface area contributed by atoms with Crippen LogP contribution in [0.5, 0.6) is 0 Å². The van der Waals surface area contributed by atoms with E-state index in [9.17, 15) is 9.59 Å². The largest absolute Gasteiger partial charge is 0.352 e. The highest BCUT2D eigenvalue weighted by molar-refractivity contribution is 7.19. The number of nitrogens with one attached hydrogen (secondary N) is 1. The summed E-state index contributed by atoms with van der Waals surface area (Å²) in [7, 11) is 1.81. The van der Waals surface area contributed by atoms with Gasteiger partial charge in [0.05, 0.1) is 6.54 Å². The second-order valence-electron chi connectivity index (χ2n) is 6.87. The summed E-state index contributed by atoms with van der Waals surface area (Å²) in [5.74, 6) is 0.0393. The molecule has 1 saturated heterocycles. The second-order valence-corrected chi connectivity index (χ2v) is 7.80. The van der Waals surface area contributed by atoms with Gasteiger partial charge in [-0.3, -0.25) is 14.5 Å². The third-order valence-corrected chi connectivity index (χ3v) is 5.59. The molecule has 1 atom stereocenters. The number of carbonyl (C=O) groups is 2. The molecule has 1 aromatic carbocycles. The molecule has 144 valence electrons. The van der Waals surface area contributed by atoms with Gasteiger partial charge in [-0.1, -0.05) is 41.7 Å². The van der Waals surface area contributed by atoms with Gasteiger partial charge in [-0.15, -0.1) is 10.2 Å². The van der Waals surface area contributed by atoms with Crippen molar-refractivity contribution in [3.63, 3.8) is 0 Å². The lowest BCUT2D eigenvalue weighted by atomic mass is 10.1. The number of hydrogen-bond donors (Lipinski definition) is 1. The first-order valence-corrected chi connectivity index (χ1v) is 10.0. The lowest BCUT2D eigenvalue weighted by Gasteiger charge is -2.18. The molecule has 1 aliphatic heterocycles. The van der Waals surface area contributed by atoms with Crippen LogP contribution in [0.15, 0.2) is 30.3 Å². The first-order valence-electron chi connectivity index (χ1n) is 9.21. The van der Waals surface area contributed by atoms with Crippen molar-refractivity contribution in [2.45, 2.75) is 38.6 Å². The van der Waals surface area contributed by atoms with Crippen molar-refractivity contribution < 1.29 is 9.59 Å². The Morgan fingerprint density at radius 1 is 1.33 bits per heavy atom. The second kappa shape index (κ2) is 8.94. The number of aryl methyl sites for hydroxylation is 1. The third kappa shape index (κ3) is 5.26. The van der Waals surface area contributed by atoms with E-state index in [1.165, 1.54) is 16.9 Å². The van der Waals surface area contributed by atoms with Gasteiger partial charge in [0, 0.05) is 26.1 Å². The molecule has 1 aliphatic rings. The van der Waals surface area contributed by atoms with E-state index in [1.54, 1.807) is 9.80 Å². The van der Waals surface area contributed by atoms with Crippen LogP contribution in [-0.4, -0.2) is 48.2 Å². The monoisotopic (exact) mass is 387 g/mol. The molecule has 2 heterocycles. The summed E-state index contributed by atoms with van der Waals surface area (Å²) in [6, 6.07) is 10.3. The highest BCUT2D eigenvalue weighted by Crippen LogP contribution is 2.29. The van der Waals surface area contributed by atoms with E-state index in [-0.39, 0.29) is 24.4 Å². The van der Waals surface area contributed by atoms with Crippen LogP contribution >= 0.6 is 11.3 Å². The predicted molar refractivity (Wildman–Crippen MR) is 107 cm³/mol. The van der Waals surface area contributed by atoms with Gasteiger partial charge >= 0.3 is 0 Å². The maximum absolute atomic E-state index is 12.3. The number of nitrogens with zero attached hydrogens (tertiary/aromatic N) is 4. The van der Waals surface area contributed by atoms with Crippen molar-refractivity contribution in [3.8, 4) is 0 Å². The molecule has 0 bridgehead atoms. The molecule has 1 aromatic heterocycles. The molecular formula is C19H25N5O2S. The zero-order valence-electron chi connectivity index (χ0n) is 15.7. The van der Waals surface area contributed by atoms with Crippen molar-refractivity contribution in [2.75, 3.05) is 29.9 Å². The first kappa shape index (κ1) is 19.3. The lowest BCUT2D eigenvalue weighted by Crippen LogP contribution is -2.40. The number of benzene rings is 1. The number of anilines is 2. The smallest absolute Gasteiger partial charge is 0.239 e. The summed E-state index contributed by atoms with van der Waals surface area (Å²) in [4.78, 5) is 27.5. The van der Waals surface area contributed by atoms with Gasteiger partial charge in [0.15, 0.2) is 0 Å². The number of carbonyl (C=O) groups excluding carboxylic acids is 2. The molecule has 1 N–H and O–H groups in total. The maximum atomic E-state index is 12.3. The molecule has 0 radical (unpaired) electrons. The number of aromatic nitrogens is 2. The van der Waals surface area contributed by atoms with E-state index in [0.717, 1.165) is 19.3 Å². The van der Waals surface area contributed by atoms with Gasteiger partial charge in [-0.2, -0.15) is 0 Å². The average Bonchev–Trinajstić information content (AvgIpc) is 3.29. The average molecular weight is 388 g/mol. The molecule has 7 nitrogen and oxygen atoms in total. The Kier molecular flexibility index (Phi) is 6.39. The van der Waals surface area contributed by atoms with E-state index in [0.29, 0.717) is 23.2 Å². The van der Waals surface area contributed by atoms with Gasteiger partial charge < -0.3 is 10.2 Å². The highest BCUT2D eigenvalue weighted by atomic mass is 32.1. The molecule has 2 amide bonds. The normalized spacial score (nSPS) is 15.0. The zero-order chi connectivity index (χ0) is 19.2. The number of likely N-dealkylation sites (N-methyl/N-ethyl adjacent to an activating group) is 1. The fraction of sp³-hybridized carbons (Fsp3) is 0.474. The van der Waals surface area contributed by atoms with Crippen LogP contribution in [0.4, 0.5) is 10.3 Å². The summed E-state index contributed by atoms with van der Waals surface area (Å²) >= 11 is 1.34. The Hall–Kier alpha value is -2.48. The van der Waals surface area contributed by atoms with Crippen molar-refractivity contribution in [1.29, 1.82) is 0 Å². The molecule has 8 heteroatoms. The fourth-order valence-electron chi connectivity index (χ4n) is 3.03. The fourth-order valence-corrected chi connectivity index (χ4v) is 3.88. The molecule has 0 aliphatic carbocycles. The van der Waals surface area contributed by atoms with Crippen LogP contribution < -0.4 is 15.1 Å². The maximum Gasteiger partial charge on any atom is 0.239 e. The molecule has 0 saturated carbocycles. The minimum absolute atomic E-state index is 0.0490. The topological polar surface area (TPSA) is 78.4 Å². The van der Waals surface area contributed by atoms with Gasteiger partial charge in [0.25, 0.3) is 0 Å². The summed E-state index contributed by atoms with van der Waals surface area (Å²) in [6.45, 7) is 2.91. The van der Waals surface area contributed by atoms with Crippen LogP contribution in [0, 0.1) is 0 Å². The van der Waals surface area contributed by atoms with Gasteiger partial charge in [-0.25, -0.2) is 0 Å². The predicted octanol–water partition coefficient (Wildman–Crippen LogP) is 2.24. The van der Waals surface area contributed by atoms with Crippen LogP contribution in [0.2, 0.25) is 0 Å². The minimum atomic E-state index is -0.0490. The van der Waals surface area contributed by atoms with Crippen molar-refractivity contribution in [1.82, 2.24) is 15.5 Å². The Bertz CT molecular complexity index is 779. The van der Waals surface area contributed by atoms with Crippen LogP contribution in [0.1, 0.15) is 31.7 Å². The molecular weight excluding hydrogens is 362 g/mol.